The second-order valence-electron chi connectivity index (χ2n) is 5.51. The largest absolute Gasteiger partial charge is 0.353 e. The highest BCUT2D eigenvalue weighted by molar-refractivity contribution is 5.78. The van der Waals surface area contributed by atoms with E-state index in [0.717, 1.165) is 31.2 Å². The number of carbonyl (C=O) groups is 1. The maximum absolute atomic E-state index is 12.0. The van der Waals surface area contributed by atoms with E-state index in [9.17, 15) is 14.9 Å². The van der Waals surface area contributed by atoms with Gasteiger partial charge < -0.3 is 10.6 Å². The highest BCUT2D eigenvalue weighted by Crippen LogP contribution is 2.18. The van der Waals surface area contributed by atoms with Crippen molar-refractivity contribution < 1.29 is 9.72 Å². The van der Waals surface area contributed by atoms with Gasteiger partial charge in [-0.2, -0.15) is 0 Å². The van der Waals surface area contributed by atoms with Gasteiger partial charge in [-0.15, -0.1) is 0 Å². The normalized spacial score (nSPS) is 21.8. The quantitative estimate of drug-likeness (QED) is 0.640. The fourth-order valence-corrected chi connectivity index (χ4v) is 2.73. The highest BCUT2D eigenvalue weighted by Gasteiger charge is 2.21. The second kappa shape index (κ2) is 7.17. The Morgan fingerprint density at radius 3 is 2.29 bits per heavy atom. The Balaban J connectivity index is 1.80. The molecule has 6 heteroatoms. The minimum absolute atomic E-state index is 0.0169. The molecule has 1 fully saturated rings. The van der Waals surface area contributed by atoms with Gasteiger partial charge in [0.1, 0.15) is 0 Å². The number of amides is 1. The first kappa shape index (κ1) is 15.4. The molecule has 0 unspecified atom stereocenters. The lowest BCUT2D eigenvalue weighted by Crippen LogP contribution is -2.41. The van der Waals surface area contributed by atoms with Crippen molar-refractivity contribution in [3.05, 3.63) is 39.9 Å². The molecule has 0 spiro atoms. The average Bonchev–Trinajstić information content (AvgIpc) is 2.48. The first-order valence-electron chi connectivity index (χ1n) is 7.28. The molecule has 1 amide bonds. The van der Waals surface area contributed by atoms with E-state index in [1.165, 1.54) is 12.1 Å². The number of hydrogen-bond acceptors (Lipinski definition) is 4. The molecule has 0 atom stereocenters. The Kier molecular flexibility index (Phi) is 5.27. The molecule has 0 heterocycles. The standard InChI is InChI=1S/C15H21N3O3/c1-16-12-4-6-13(7-5-12)17-15(19)10-11-2-8-14(9-3-11)18(20)21/h2-3,8-9,12-13,16H,4-7,10H2,1H3,(H,17,19). The molecule has 2 rings (SSSR count). The van der Waals surface area contributed by atoms with E-state index in [1.54, 1.807) is 12.1 Å². The molecule has 0 radical (unpaired) electrons. The van der Waals surface area contributed by atoms with Crippen molar-refractivity contribution in [3.8, 4) is 0 Å². The fourth-order valence-electron chi connectivity index (χ4n) is 2.73. The van der Waals surface area contributed by atoms with Crippen LogP contribution in [-0.2, 0) is 11.2 Å². The first-order chi connectivity index (χ1) is 10.1. The van der Waals surface area contributed by atoms with Crippen molar-refractivity contribution in [1.29, 1.82) is 0 Å². The predicted octanol–water partition coefficient (Wildman–Crippen LogP) is 1.78. The third kappa shape index (κ3) is 4.53. The van der Waals surface area contributed by atoms with E-state index in [-0.39, 0.29) is 24.1 Å². The van der Waals surface area contributed by atoms with Gasteiger partial charge in [-0.1, -0.05) is 12.1 Å². The van der Waals surface area contributed by atoms with Crippen LogP contribution >= 0.6 is 0 Å². The minimum Gasteiger partial charge on any atom is -0.353 e. The molecule has 1 aliphatic rings. The lowest BCUT2D eigenvalue weighted by molar-refractivity contribution is -0.384. The molecular weight excluding hydrogens is 270 g/mol. The van der Waals surface area contributed by atoms with Gasteiger partial charge in [0, 0.05) is 24.2 Å². The number of benzene rings is 1. The van der Waals surface area contributed by atoms with Crippen LogP contribution in [0.25, 0.3) is 0 Å². The summed E-state index contributed by atoms with van der Waals surface area (Å²) in [4.78, 5) is 22.1. The summed E-state index contributed by atoms with van der Waals surface area (Å²) in [6.07, 6.45) is 4.43. The Hall–Kier alpha value is -1.95. The Morgan fingerprint density at radius 2 is 1.76 bits per heavy atom. The Bertz CT molecular complexity index is 493. The number of nitrogens with one attached hydrogen (secondary N) is 2. The van der Waals surface area contributed by atoms with Crippen LogP contribution in [0.4, 0.5) is 5.69 Å². The Labute approximate surface area is 124 Å². The van der Waals surface area contributed by atoms with Crippen LogP contribution in [0.15, 0.2) is 24.3 Å². The number of nitrogens with zero attached hydrogens (tertiary/aromatic N) is 1. The van der Waals surface area contributed by atoms with Crippen LogP contribution in [0, 0.1) is 10.1 Å². The Morgan fingerprint density at radius 1 is 1.19 bits per heavy atom. The third-order valence-electron chi connectivity index (χ3n) is 4.01. The summed E-state index contributed by atoms with van der Waals surface area (Å²) >= 11 is 0. The van der Waals surface area contributed by atoms with Crippen LogP contribution in [-0.4, -0.2) is 30.0 Å². The van der Waals surface area contributed by atoms with Crippen molar-refractivity contribution in [2.75, 3.05) is 7.05 Å². The number of hydrogen-bond donors (Lipinski definition) is 2. The summed E-state index contributed by atoms with van der Waals surface area (Å²) in [7, 11) is 1.97. The molecule has 1 aliphatic carbocycles. The molecule has 21 heavy (non-hydrogen) atoms. The summed E-state index contributed by atoms with van der Waals surface area (Å²) in [5.41, 5.74) is 0.839. The monoisotopic (exact) mass is 291 g/mol. The van der Waals surface area contributed by atoms with Gasteiger partial charge in [0.15, 0.2) is 0 Å². The molecule has 114 valence electrons. The fraction of sp³-hybridized carbons (Fsp3) is 0.533. The number of rotatable bonds is 5. The van der Waals surface area contributed by atoms with Crippen molar-refractivity contribution in [2.45, 2.75) is 44.2 Å². The molecule has 0 aromatic heterocycles. The average molecular weight is 291 g/mol. The lowest BCUT2D eigenvalue weighted by atomic mass is 9.91. The molecule has 0 aliphatic heterocycles. The molecule has 6 nitrogen and oxygen atoms in total. The molecule has 0 bridgehead atoms. The maximum Gasteiger partial charge on any atom is 0.269 e. The number of nitro groups is 1. The van der Waals surface area contributed by atoms with E-state index in [2.05, 4.69) is 10.6 Å². The van der Waals surface area contributed by atoms with E-state index in [4.69, 9.17) is 0 Å². The van der Waals surface area contributed by atoms with Crippen LogP contribution in [0.3, 0.4) is 0 Å². The zero-order valence-electron chi connectivity index (χ0n) is 12.2. The topological polar surface area (TPSA) is 84.3 Å². The van der Waals surface area contributed by atoms with Crippen LogP contribution in [0.5, 0.6) is 0 Å². The SMILES string of the molecule is CNC1CCC(NC(=O)Cc2ccc([N+](=O)[O-])cc2)CC1. The van der Waals surface area contributed by atoms with Crippen LogP contribution < -0.4 is 10.6 Å². The van der Waals surface area contributed by atoms with Gasteiger partial charge in [-0.05, 0) is 38.3 Å². The minimum atomic E-state index is -0.440. The second-order valence-corrected chi connectivity index (χ2v) is 5.51. The van der Waals surface area contributed by atoms with Crippen LogP contribution in [0.2, 0.25) is 0 Å². The predicted molar refractivity (Wildman–Crippen MR) is 80.0 cm³/mol. The van der Waals surface area contributed by atoms with E-state index >= 15 is 0 Å². The summed E-state index contributed by atoms with van der Waals surface area (Å²) in [5, 5.41) is 16.9. The summed E-state index contributed by atoms with van der Waals surface area (Å²) in [6, 6.07) is 6.94. The van der Waals surface area contributed by atoms with Crippen molar-refractivity contribution in [3.63, 3.8) is 0 Å². The van der Waals surface area contributed by atoms with Gasteiger partial charge in [-0.3, -0.25) is 14.9 Å². The van der Waals surface area contributed by atoms with E-state index < -0.39 is 4.92 Å². The zero-order chi connectivity index (χ0) is 15.2. The first-order valence-corrected chi connectivity index (χ1v) is 7.28. The molecule has 2 N–H and O–H groups in total. The molecule has 1 saturated carbocycles. The van der Waals surface area contributed by atoms with Crippen LogP contribution in [0.1, 0.15) is 31.2 Å². The molecule has 1 aromatic carbocycles. The molecule has 1 aromatic rings. The lowest BCUT2D eigenvalue weighted by Gasteiger charge is -2.28. The van der Waals surface area contributed by atoms with Gasteiger partial charge in [0.05, 0.1) is 11.3 Å². The molecule has 0 saturated heterocycles. The summed E-state index contributed by atoms with van der Waals surface area (Å²) in [5.74, 6) is -0.0169. The summed E-state index contributed by atoms with van der Waals surface area (Å²) in [6.45, 7) is 0. The van der Waals surface area contributed by atoms with Gasteiger partial charge >= 0.3 is 0 Å². The molecular formula is C15H21N3O3. The highest BCUT2D eigenvalue weighted by atomic mass is 16.6. The van der Waals surface area contributed by atoms with Crippen molar-refractivity contribution in [1.82, 2.24) is 10.6 Å². The maximum atomic E-state index is 12.0. The third-order valence-corrected chi connectivity index (χ3v) is 4.01. The van der Waals surface area contributed by atoms with E-state index in [1.807, 2.05) is 7.05 Å². The van der Waals surface area contributed by atoms with Gasteiger partial charge in [0.2, 0.25) is 5.91 Å². The smallest absolute Gasteiger partial charge is 0.269 e. The van der Waals surface area contributed by atoms with Gasteiger partial charge in [0.25, 0.3) is 5.69 Å². The van der Waals surface area contributed by atoms with Crippen molar-refractivity contribution >= 4 is 11.6 Å². The van der Waals surface area contributed by atoms with Crippen molar-refractivity contribution in [2.24, 2.45) is 0 Å². The summed E-state index contributed by atoms with van der Waals surface area (Å²) < 4.78 is 0. The zero-order valence-corrected chi connectivity index (χ0v) is 12.2. The number of non-ortho nitro benzene ring substituents is 1. The number of carbonyl (C=O) groups excluding carboxylic acids is 1. The van der Waals surface area contributed by atoms with E-state index in [0.29, 0.717) is 6.04 Å². The van der Waals surface area contributed by atoms with Gasteiger partial charge in [-0.25, -0.2) is 0 Å². The number of nitro benzene ring substituents is 1.